The summed E-state index contributed by atoms with van der Waals surface area (Å²) in [5.74, 6) is -0.684. The first kappa shape index (κ1) is 63.9. The molecule has 4 aromatic heterocycles. The maximum atomic E-state index is 13.6. The molecule has 12 rings (SSSR count). The second-order valence-corrected chi connectivity index (χ2v) is 28.4. The molecule has 12 aromatic rings. The zero-order valence-electron chi connectivity index (χ0n) is 52.4. The van der Waals surface area contributed by atoms with Crippen molar-refractivity contribution >= 4 is 99.5 Å². The zero-order chi connectivity index (χ0) is 62.5. The SMILES string of the molecule is CCCCCCc1ccc(-c2cc3c(=O)c4cc5c(cc4c3s2)c(=O)c2cc(-c3ccc(CCCCCC)cc3)sc25)cc1.CCCCCCc1ccc(-c2ccc(-c3cc(C(=O)O)c(-c4ccc(-c5ccc(CCCCCC)cc5)s4)cc3OC=O)s2)cc1. The Morgan fingerprint density at radius 1 is 0.367 bits per heavy atom. The van der Waals surface area contributed by atoms with E-state index in [2.05, 4.69) is 125 Å². The fourth-order valence-corrected chi connectivity index (χ4v) is 16.8. The monoisotopic (exact) mass is 1260 g/mol. The molecule has 0 radical (unpaired) electrons. The highest BCUT2D eigenvalue weighted by Gasteiger charge is 2.23. The lowest BCUT2D eigenvalue weighted by Gasteiger charge is -2.12. The van der Waals surface area contributed by atoms with E-state index in [1.165, 1.54) is 136 Å². The van der Waals surface area contributed by atoms with Crippen molar-refractivity contribution < 1.29 is 19.4 Å². The van der Waals surface area contributed by atoms with Gasteiger partial charge in [0.05, 0.1) is 5.56 Å². The van der Waals surface area contributed by atoms with E-state index in [0.717, 1.165) is 119 Å². The van der Waals surface area contributed by atoms with Crippen LogP contribution in [0.5, 0.6) is 5.75 Å². The molecule has 0 bridgehead atoms. The van der Waals surface area contributed by atoms with E-state index in [1.54, 1.807) is 46.1 Å². The first-order valence-electron chi connectivity index (χ1n) is 32.7. The Labute approximate surface area is 545 Å². The molecule has 0 fully saturated rings. The van der Waals surface area contributed by atoms with Crippen LogP contribution < -0.4 is 15.6 Å². The smallest absolute Gasteiger partial charge is 0.336 e. The number of thiophene rings is 4. The van der Waals surface area contributed by atoms with Crippen molar-refractivity contribution in [3.63, 3.8) is 0 Å². The molecule has 0 aliphatic carbocycles. The van der Waals surface area contributed by atoms with Gasteiger partial charge in [0.25, 0.3) is 6.47 Å². The number of carbonyl (C=O) groups excluding carboxylic acids is 1. The quantitative estimate of drug-likeness (QED) is 0.0371. The highest BCUT2D eigenvalue weighted by molar-refractivity contribution is 7.24. The minimum atomic E-state index is -1.03. The maximum Gasteiger partial charge on any atom is 0.336 e. The van der Waals surface area contributed by atoms with Gasteiger partial charge < -0.3 is 9.84 Å². The second kappa shape index (κ2) is 30.5. The van der Waals surface area contributed by atoms with Gasteiger partial charge in [-0.15, -0.1) is 45.3 Å². The number of ether oxygens (including phenoxy) is 1. The Bertz CT molecular complexity index is 4310. The summed E-state index contributed by atoms with van der Waals surface area (Å²) in [5.41, 5.74) is 11.3. The van der Waals surface area contributed by atoms with Crippen LogP contribution in [0.4, 0.5) is 0 Å². The minimum absolute atomic E-state index is 0.0695. The number of carbonyl (C=O) groups is 2. The van der Waals surface area contributed by atoms with Gasteiger partial charge in [-0.25, -0.2) is 4.79 Å². The normalized spacial score (nSPS) is 11.6. The topological polar surface area (TPSA) is 97.7 Å². The minimum Gasteiger partial charge on any atom is -0.478 e. The van der Waals surface area contributed by atoms with Crippen LogP contribution in [-0.4, -0.2) is 17.5 Å². The summed E-state index contributed by atoms with van der Waals surface area (Å²) >= 11 is 6.41. The number of aromatic carboxylic acids is 1. The molecule has 0 amide bonds. The fourth-order valence-electron chi connectivity index (χ4n) is 12.4. The average molecular weight is 1270 g/mol. The molecular weight excluding hydrogens is 1190 g/mol. The summed E-state index contributed by atoms with van der Waals surface area (Å²) in [6, 6.07) is 54.3. The predicted octanol–water partition coefficient (Wildman–Crippen LogP) is 23.6. The zero-order valence-corrected chi connectivity index (χ0v) is 55.6. The third kappa shape index (κ3) is 14.7. The van der Waals surface area contributed by atoms with Crippen LogP contribution in [0.25, 0.3) is 104 Å². The Balaban J connectivity index is 0.000000185. The number of fused-ring (bicyclic) bond motifs is 6. The number of hydrogen-bond donors (Lipinski definition) is 1. The molecule has 0 aliphatic heterocycles. The Kier molecular flexibility index (Phi) is 21.7. The highest BCUT2D eigenvalue weighted by atomic mass is 32.1. The summed E-state index contributed by atoms with van der Waals surface area (Å²) < 4.78 is 7.45. The number of hydrogen-bond acceptors (Lipinski definition) is 9. The van der Waals surface area contributed by atoms with Gasteiger partial charge in [-0.2, -0.15) is 0 Å². The van der Waals surface area contributed by atoms with E-state index < -0.39 is 5.97 Å². The van der Waals surface area contributed by atoms with Crippen molar-refractivity contribution in [3.05, 3.63) is 206 Å². The third-order valence-corrected chi connectivity index (χ3v) is 22.4. The molecule has 6 nitrogen and oxygen atoms in total. The number of carboxylic acid groups (broad SMARTS) is 1. The molecule has 0 spiro atoms. The summed E-state index contributed by atoms with van der Waals surface area (Å²) in [7, 11) is 0. The maximum absolute atomic E-state index is 13.6. The van der Waals surface area contributed by atoms with Crippen LogP contribution in [0, 0.1) is 0 Å². The van der Waals surface area contributed by atoms with Crippen LogP contribution >= 0.6 is 45.3 Å². The van der Waals surface area contributed by atoms with Crippen LogP contribution in [0.3, 0.4) is 0 Å². The van der Waals surface area contributed by atoms with E-state index >= 15 is 0 Å². The van der Waals surface area contributed by atoms with E-state index in [0.29, 0.717) is 23.3 Å². The number of rotatable bonds is 29. The van der Waals surface area contributed by atoms with E-state index in [-0.39, 0.29) is 16.4 Å². The van der Waals surface area contributed by atoms with Gasteiger partial charge >= 0.3 is 5.97 Å². The van der Waals surface area contributed by atoms with E-state index in [1.807, 2.05) is 48.5 Å². The lowest BCUT2D eigenvalue weighted by Crippen LogP contribution is -2.02. The third-order valence-electron chi connectivity index (χ3n) is 17.6. The molecule has 460 valence electrons. The molecule has 1 N–H and O–H groups in total. The largest absolute Gasteiger partial charge is 0.478 e. The van der Waals surface area contributed by atoms with E-state index in [4.69, 9.17) is 4.74 Å². The van der Waals surface area contributed by atoms with Gasteiger partial charge in [-0.05, 0) is 157 Å². The van der Waals surface area contributed by atoms with Crippen molar-refractivity contribution in [2.24, 2.45) is 0 Å². The first-order valence-corrected chi connectivity index (χ1v) is 36.0. The first-order chi connectivity index (χ1) is 44.0. The van der Waals surface area contributed by atoms with Gasteiger partial charge in [0, 0.05) is 82.1 Å². The average Bonchev–Trinajstić information content (AvgIpc) is 1.57. The molecule has 0 saturated carbocycles. The number of benzene rings is 6. The number of unbranched alkanes of at least 4 members (excludes halogenated alkanes) is 12. The molecule has 0 aliphatic rings. The van der Waals surface area contributed by atoms with Gasteiger partial charge in [0.15, 0.2) is 10.9 Å². The summed E-state index contributed by atoms with van der Waals surface area (Å²) in [6.45, 7) is 9.34. The van der Waals surface area contributed by atoms with Crippen LogP contribution in [0.2, 0.25) is 0 Å². The van der Waals surface area contributed by atoms with Crippen molar-refractivity contribution in [1.82, 2.24) is 0 Å². The highest BCUT2D eigenvalue weighted by Crippen LogP contribution is 2.46. The standard InChI is InChI=1S/C40H42O4S2.C40H38O2S2/c1-3-5-7-9-11-28-13-17-30(18-14-28)36-21-23-38(45-36)32-26-35(44-27-41)34(25-33(32)40(42)43)39-24-22-37(46-39)31-19-15-29(16-20-31)12-10-8-6-4-2;1-3-5-7-9-11-25-13-17-27(18-14-25)35-23-33-37(41)29-22-32-30(21-31(29)39(33)43-35)38(42)34-24-36(44-40(32)34)28-19-15-26(16-20-28)12-10-8-6-4-2/h13-27H,3-12H2,1-2H3,(H,42,43);13-24H,3-12H2,1-2H3. The molecule has 90 heavy (non-hydrogen) atoms. The van der Waals surface area contributed by atoms with Crippen LogP contribution in [0.1, 0.15) is 163 Å². The number of aryl methyl sites for hydroxylation is 4. The molecule has 0 saturated heterocycles. The molecular formula is C80H80O6S4. The Hall–Kier alpha value is -7.60. The van der Waals surface area contributed by atoms with Gasteiger partial charge in [-0.1, -0.05) is 202 Å². The molecule has 0 atom stereocenters. The predicted molar refractivity (Wildman–Crippen MR) is 387 cm³/mol. The molecule has 8 aromatic carbocycles. The molecule has 4 heterocycles. The Morgan fingerprint density at radius 2 is 0.711 bits per heavy atom. The van der Waals surface area contributed by atoms with Crippen molar-refractivity contribution in [2.45, 2.75) is 156 Å². The van der Waals surface area contributed by atoms with Gasteiger partial charge in [0.1, 0.15) is 5.75 Å². The second-order valence-electron chi connectivity index (χ2n) is 24.1. The van der Waals surface area contributed by atoms with Crippen LogP contribution in [-0.2, 0) is 30.5 Å². The van der Waals surface area contributed by atoms with Crippen molar-refractivity contribution in [2.75, 3.05) is 0 Å². The van der Waals surface area contributed by atoms with Crippen molar-refractivity contribution in [1.29, 1.82) is 0 Å². The lowest BCUT2D eigenvalue weighted by molar-refractivity contribution is -0.120. The van der Waals surface area contributed by atoms with Crippen LogP contribution in [0.15, 0.2) is 167 Å². The summed E-state index contributed by atoms with van der Waals surface area (Å²) in [4.78, 5) is 57.4. The molecule has 10 heteroatoms. The van der Waals surface area contributed by atoms with Gasteiger partial charge in [0.2, 0.25) is 0 Å². The van der Waals surface area contributed by atoms with E-state index in [9.17, 15) is 24.3 Å². The number of carboxylic acids is 1. The lowest BCUT2D eigenvalue weighted by atomic mass is 10.0. The fraction of sp³-hybridized carbons (Fsp3) is 0.300. The molecule has 0 unspecified atom stereocenters. The Morgan fingerprint density at radius 3 is 1.06 bits per heavy atom. The summed E-state index contributed by atoms with van der Waals surface area (Å²) in [5, 5.41) is 15.1. The van der Waals surface area contributed by atoms with Crippen molar-refractivity contribution in [3.8, 4) is 68.4 Å². The summed E-state index contributed by atoms with van der Waals surface area (Å²) in [6.07, 6.45) is 24.5. The van der Waals surface area contributed by atoms with Gasteiger partial charge in [-0.3, -0.25) is 14.4 Å².